The third-order valence-corrected chi connectivity index (χ3v) is 1.65. The quantitative estimate of drug-likeness (QED) is 0.438. The molecule has 1 saturated heterocycles. The molecule has 0 aromatic rings. The molecule has 1 atom stereocenters. The van der Waals surface area contributed by atoms with Crippen LogP contribution in [0.25, 0.3) is 0 Å². The predicted molar refractivity (Wildman–Crippen MR) is 35.5 cm³/mol. The van der Waals surface area contributed by atoms with E-state index in [9.17, 15) is 9.18 Å². The maximum Gasteiger partial charge on any atom is 0.397 e. The van der Waals surface area contributed by atoms with E-state index in [0.717, 1.165) is 19.4 Å². The molecule has 10 heavy (non-hydrogen) atoms. The molecule has 1 unspecified atom stereocenters. The molecule has 0 saturated carbocycles. The first-order chi connectivity index (χ1) is 4.79. The van der Waals surface area contributed by atoms with E-state index in [4.69, 9.17) is 0 Å². The lowest BCUT2D eigenvalue weighted by atomic mass is 10.2. The minimum atomic E-state index is -1.44. The average Bonchev–Trinajstić information content (AvgIpc) is 2.34. The molecule has 1 amide bonds. The van der Waals surface area contributed by atoms with Crippen molar-refractivity contribution in [3.05, 3.63) is 0 Å². The van der Waals surface area contributed by atoms with Crippen LogP contribution in [0.3, 0.4) is 0 Å². The van der Waals surface area contributed by atoms with Gasteiger partial charge in [-0.15, -0.1) is 4.39 Å². The van der Waals surface area contributed by atoms with Gasteiger partial charge in [-0.25, -0.2) is 4.79 Å². The zero-order valence-corrected chi connectivity index (χ0v) is 5.69. The topological polar surface area (TPSA) is 41.1 Å². The summed E-state index contributed by atoms with van der Waals surface area (Å²) >= 11 is 0. The van der Waals surface area contributed by atoms with Crippen LogP contribution in [-0.4, -0.2) is 25.3 Å². The lowest BCUT2D eigenvalue weighted by Crippen LogP contribution is -2.35. The number of hydrogen-bond donors (Lipinski definition) is 2. The standard InChI is InChI=1S/C6H11FN2O/c7-6(10)9-4-5-2-1-3-8-5/h5,8H,1-4H2,(H,9,10). The van der Waals surface area contributed by atoms with Crippen LogP contribution >= 0.6 is 0 Å². The van der Waals surface area contributed by atoms with Crippen LogP contribution in [0.1, 0.15) is 12.8 Å². The van der Waals surface area contributed by atoms with E-state index in [-0.39, 0.29) is 6.04 Å². The Labute approximate surface area is 59.0 Å². The Morgan fingerprint density at radius 2 is 2.60 bits per heavy atom. The van der Waals surface area contributed by atoms with Crippen molar-refractivity contribution >= 4 is 6.16 Å². The summed E-state index contributed by atoms with van der Waals surface area (Å²) in [7, 11) is 0. The van der Waals surface area contributed by atoms with Gasteiger partial charge >= 0.3 is 6.16 Å². The Kier molecular flexibility index (Phi) is 2.62. The van der Waals surface area contributed by atoms with Gasteiger partial charge in [-0.3, -0.25) is 0 Å². The summed E-state index contributed by atoms with van der Waals surface area (Å²) in [5, 5.41) is 5.25. The first-order valence-corrected chi connectivity index (χ1v) is 3.46. The lowest BCUT2D eigenvalue weighted by Gasteiger charge is -2.07. The maximum atomic E-state index is 11.6. The number of carbonyl (C=O) groups is 1. The second-order valence-corrected chi connectivity index (χ2v) is 2.45. The Morgan fingerprint density at radius 1 is 1.80 bits per heavy atom. The highest BCUT2D eigenvalue weighted by Gasteiger charge is 2.13. The summed E-state index contributed by atoms with van der Waals surface area (Å²) in [6, 6.07) is 0.277. The van der Waals surface area contributed by atoms with Crippen LogP contribution in [-0.2, 0) is 0 Å². The molecule has 0 aromatic heterocycles. The summed E-state index contributed by atoms with van der Waals surface area (Å²) in [4.78, 5) is 9.79. The fraction of sp³-hybridized carbons (Fsp3) is 0.833. The third kappa shape index (κ3) is 2.31. The number of hydrogen-bond acceptors (Lipinski definition) is 2. The monoisotopic (exact) mass is 146 g/mol. The first-order valence-electron chi connectivity index (χ1n) is 3.46. The molecule has 0 radical (unpaired) electrons. The molecule has 58 valence electrons. The Bertz CT molecular complexity index is 123. The normalized spacial score (nSPS) is 24.7. The average molecular weight is 146 g/mol. The zero-order valence-electron chi connectivity index (χ0n) is 5.69. The molecule has 0 bridgehead atoms. The van der Waals surface area contributed by atoms with E-state index in [0.29, 0.717) is 6.54 Å². The SMILES string of the molecule is O=C(F)NCC1CCCN1. The van der Waals surface area contributed by atoms with E-state index >= 15 is 0 Å². The summed E-state index contributed by atoms with van der Waals surface area (Å²) < 4.78 is 11.6. The molecule has 1 heterocycles. The highest BCUT2D eigenvalue weighted by molar-refractivity contribution is 5.65. The van der Waals surface area contributed by atoms with Crippen LogP contribution in [0.4, 0.5) is 9.18 Å². The Balaban J connectivity index is 2.07. The van der Waals surface area contributed by atoms with Crippen LogP contribution in [0.5, 0.6) is 0 Å². The largest absolute Gasteiger partial charge is 0.397 e. The van der Waals surface area contributed by atoms with Crippen molar-refractivity contribution < 1.29 is 9.18 Å². The van der Waals surface area contributed by atoms with E-state index in [1.807, 2.05) is 0 Å². The second kappa shape index (κ2) is 3.51. The second-order valence-electron chi connectivity index (χ2n) is 2.45. The smallest absolute Gasteiger partial charge is 0.326 e. The van der Waals surface area contributed by atoms with Crippen molar-refractivity contribution in [2.75, 3.05) is 13.1 Å². The Hall–Kier alpha value is -0.640. The highest BCUT2D eigenvalue weighted by atomic mass is 19.1. The molecule has 4 heteroatoms. The molecular formula is C6H11FN2O. The summed E-state index contributed by atoms with van der Waals surface area (Å²) in [5.74, 6) is 0. The van der Waals surface area contributed by atoms with Gasteiger partial charge in [0.15, 0.2) is 0 Å². The van der Waals surface area contributed by atoms with Gasteiger partial charge in [-0.1, -0.05) is 0 Å². The molecule has 1 rings (SSSR count). The number of carbonyl (C=O) groups excluding carboxylic acids is 1. The highest BCUT2D eigenvalue weighted by Crippen LogP contribution is 2.02. The van der Waals surface area contributed by atoms with Crippen LogP contribution in [0.2, 0.25) is 0 Å². The molecule has 2 N–H and O–H groups in total. The van der Waals surface area contributed by atoms with Crippen LogP contribution in [0.15, 0.2) is 0 Å². The third-order valence-electron chi connectivity index (χ3n) is 1.65. The zero-order chi connectivity index (χ0) is 7.40. The van der Waals surface area contributed by atoms with E-state index in [2.05, 4.69) is 10.6 Å². The summed E-state index contributed by atoms with van der Waals surface area (Å²) in [5.41, 5.74) is 0. The van der Waals surface area contributed by atoms with Crippen molar-refractivity contribution in [2.45, 2.75) is 18.9 Å². The molecule has 3 nitrogen and oxygen atoms in total. The van der Waals surface area contributed by atoms with Crippen LogP contribution in [0, 0.1) is 0 Å². The van der Waals surface area contributed by atoms with Crippen molar-refractivity contribution in [3.63, 3.8) is 0 Å². The number of amides is 1. The summed E-state index contributed by atoms with van der Waals surface area (Å²) in [6.07, 6.45) is 0.710. The van der Waals surface area contributed by atoms with Crippen molar-refractivity contribution in [2.24, 2.45) is 0 Å². The van der Waals surface area contributed by atoms with Gasteiger partial charge in [-0.05, 0) is 19.4 Å². The van der Waals surface area contributed by atoms with Crippen molar-refractivity contribution in [1.82, 2.24) is 10.6 Å². The van der Waals surface area contributed by atoms with Crippen molar-refractivity contribution in [3.8, 4) is 0 Å². The number of rotatable bonds is 2. The van der Waals surface area contributed by atoms with Crippen molar-refractivity contribution in [1.29, 1.82) is 0 Å². The fourth-order valence-electron chi connectivity index (χ4n) is 1.13. The van der Waals surface area contributed by atoms with Gasteiger partial charge in [0.05, 0.1) is 0 Å². The number of halogens is 1. The van der Waals surface area contributed by atoms with E-state index in [1.165, 1.54) is 0 Å². The lowest BCUT2D eigenvalue weighted by molar-refractivity contribution is 0.220. The van der Waals surface area contributed by atoms with E-state index < -0.39 is 6.16 Å². The van der Waals surface area contributed by atoms with Gasteiger partial charge in [0.2, 0.25) is 0 Å². The molecular weight excluding hydrogens is 135 g/mol. The van der Waals surface area contributed by atoms with Gasteiger partial charge in [0, 0.05) is 12.6 Å². The summed E-state index contributed by atoms with van der Waals surface area (Å²) in [6.45, 7) is 1.39. The minimum Gasteiger partial charge on any atom is -0.326 e. The fourth-order valence-corrected chi connectivity index (χ4v) is 1.13. The minimum absolute atomic E-state index is 0.277. The predicted octanol–water partition coefficient (Wildman–Crippen LogP) is 0.417. The van der Waals surface area contributed by atoms with Gasteiger partial charge in [0.25, 0.3) is 0 Å². The molecule has 1 aliphatic heterocycles. The molecule has 1 fully saturated rings. The molecule has 0 aromatic carbocycles. The maximum absolute atomic E-state index is 11.6. The van der Waals surface area contributed by atoms with Crippen LogP contribution < -0.4 is 10.6 Å². The first kappa shape index (κ1) is 7.47. The van der Waals surface area contributed by atoms with Gasteiger partial charge < -0.3 is 10.6 Å². The molecule has 0 spiro atoms. The molecule has 1 aliphatic rings. The van der Waals surface area contributed by atoms with Gasteiger partial charge in [0.1, 0.15) is 0 Å². The van der Waals surface area contributed by atoms with E-state index in [1.54, 1.807) is 0 Å². The molecule has 0 aliphatic carbocycles. The Morgan fingerprint density at radius 3 is 3.10 bits per heavy atom. The van der Waals surface area contributed by atoms with Gasteiger partial charge in [-0.2, -0.15) is 0 Å². The number of nitrogens with one attached hydrogen (secondary N) is 2.